The number of aliphatic carboxylic acids is 4. The maximum Gasteiger partial charge on any atom is 2.00 e. The summed E-state index contributed by atoms with van der Waals surface area (Å²) >= 11 is 0. The number of carboxylic acids is 4. The quantitative estimate of drug-likeness (QED) is 0.133. The van der Waals surface area contributed by atoms with Gasteiger partial charge in [-0.25, -0.2) is 0 Å². The average molecular weight is 733 g/mol. The van der Waals surface area contributed by atoms with E-state index in [0.29, 0.717) is 0 Å². The first-order valence-electron chi connectivity index (χ1n) is 14.8. The minimum atomic E-state index is -1.18. The number of carboxylic acid groups (broad SMARTS) is 4. The molecule has 0 aromatic heterocycles. The Hall–Kier alpha value is -3.24. The number of hydrogen-bond acceptors (Lipinski definition) is 8. The monoisotopic (exact) mass is 732 g/mol. The van der Waals surface area contributed by atoms with Crippen LogP contribution in [0.4, 0.5) is 0 Å². The van der Waals surface area contributed by atoms with Crippen molar-refractivity contribution in [2.75, 3.05) is 0 Å². The molecule has 0 radical (unpaired) electrons. The first kappa shape index (κ1) is 53.6. The van der Waals surface area contributed by atoms with E-state index in [9.17, 15) is 39.6 Å². The van der Waals surface area contributed by atoms with E-state index < -0.39 is 23.9 Å². The standard InChI is InChI=1S/2C20H24O4.2Ca/c2*1-15(11-7-13-17(3)19(21)22)9-5-6-10-16(2)12-8-14-18(4)20(23)24;;/h2*5-14H,1-4H3,(H,21,22)(H,23,24);;/q;;2*+2/p-4/b2*6-5+,11-7+,12-8+,15-9+,16-10+,17-13+,18-14+;;. The fourth-order valence-corrected chi connectivity index (χ4v) is 2.70. The minimum absolute atomic E-state index is 0. The molecule has 256 valence electrons. The third-order valence-electron chi connectivity index (χ3n) is 5.77. The summed E-state index contributed by atoms with van der Waals surface area (Å²) in [7, 11) is 0. The van der Waals surface area contributed by atoms with E-state index in [-0.39, 0.29) is 97.8 Å². The summed E-state index contributed by atoms with van der Waals surface area (Å²) in [6.45, 7) is 13.5. The van der Waals surface area contributed by atoms with Gasteiger partial charge in [-0.05, 0) is 77.7 Å². The van der Waals surface area contributed by atoms with Gasteiger partial charge >= 0.3 is 75.5 Å². The Kier molecular flexibility index (Phi) is 35.3. The van der Waals surface area contributed by atoms with Crippen molar-refractivity contribution in [1.82, 2.24) is 0 Å². The second-order valence-electron chi connectivity index (χ2n) is 10.4. The fraction of sp³-hybridized carbons (Fsp3) is 0.200. The third kappa shape index (κ3) is 33.3. The zero-order chi connectivity index (χ0) is 37.1. The van der Waals surface area contributed by atoms with E-state index >= 15 is 0 Å². The van der Waals surface area contributed by atoms with Crippen LogP contribution in [-0.4, -0.2) is 99.4 Å². The summed E-state index contributed by atoms with van der Waals surface area (Å²) < 4.78 is 0. The zero-order valence-corrected chi connectivity index (χ0v) is 34.6. The number of rotatable bonds is 16. The molecule has 0 aromatic rings. The smallest absolute Gasteiger partial charge is 0.545 e. The van der Waals surface area contributed by atoms with Crippen LogP contribution in [0.3, 0.4) is 0 Å². The molecule has 0 aliphatic rings. The van der Waals surface area contributed by atoms with Crippen molar-refractivity contribution in [2.24, 2.45) is 0 Å². The molecule has 0 spiro atoms. The fourth-order valence-electron chi connectivity index (χ4n) is 2.70. The predicted octanol–water partition coefficient (Wildman–Crippen LogP) is 3.12. The molecule has 0 rings (SSSR count). The molecule has 0 saturated heterocycles. The Labute approximate surface area is 356 Å². The molecule has 0 bridgehead atoms. The van der Waals surface area contributed by atoms with Crippen LogP contribution in [0.1, 0.15) is 55.4 Å². The summed E-state index contributed by atoms with van der Waals surface area (Å²) in [5.74, 6) is -4.72. The number of hydrogen-bond donors (Lipinski definition) is 0. The Morgan fingerprint density at radius 3 is 0.600 bits per heavy atom. The summed E-state index contributed by atoms with van der Waals surface area (Å²) in [5.41, 5.74) is 4.52. The molecule has 10 heteroatoms. The number of carbonyl (C=O) groups is 4. The molecule has 0 heterocycles. The van der Waals surface area contributed by atoms with Crippen LogP contribution in [0.25, 0.3) is 0 Å². The predicted molar refractivity (Wildman–Crippen MR) is 196 cm³/mol. The van der Waals surface area contributed by atoms with Crippen molar-refractivity contribution in [3.05, 3.63) is 166 Å². The number of allylic oxidation sites excluding steroid dienone is 24. The zero-order valence-electron chi connectivity index (χ0n) is 30.2. The van der Waals surface area contributed by atoms with Gasteiger partial charge in [0.2, 0.25) is 0 Å². The Morgan fingerprint density at radius 1 is 0.300 bits per heavy atom. The summed E-state index contributed by atoms with van der Waals surface area (Å²) in [5, 5.41) is 42.0. The first-order chi connectivity index (χ1) is 22.5. The number of carbonyl (C=O) groups excluding carboxylic acids is 4. The normalized spacial score (nSPS) is 14.4. The molecule has 0 atom stereocenters. The van der Waals surface area contributed by atoms with E-state index in [1.807, 2.05) is 76.3 Å². The van der Waals surface area contributed by atoms with Crippen LogP contribution < -0.4 is 20.4 Å². The van der Waals surface area contributed by atoms with Crippen LogP contribution >= 0.6 is 0 Å². The average Bonchev–Trinajstić information content (AvgIpc) is 3.01. The van der Waals surface area contributed by atoms with Gasteiger partial charge in [0.05, 0.1) is 23.9 Å². The largest absolute Gasteiger partial charge is 2.00 e. The molecule has 0 unspecified atom stereocenters. The van der Waals surface area contributed by atoms with Gasteiger partial charge in [0.15, 0.2) is 0 Å². The molecular formula is C40H44Ca2O8. The maximum atomic E-state index is 10.5. The summed E-state index contributed by atoms with van der Waals surface area (Å²) in [4.78, 5) is 42.0. The molecular weight excluding hydrogens is 689 g/mol. The van der Waals surface area contributed by atoms with Crippen molar-refractivity contribution in [1.29, 1.82) is 0 Å². The summed E-state index contributed by atoms with van der Waals surface area (Å²) in [6.07, 6.45) is 34.6. The van der Waals surface area contributed by atoms with Crippen LogP contribution in [0.5, 0.6) is 0 Å². The van der Waals surface area contributed by atoms with Gasteiger partial charge in [-0.3, -0.25) is 0 Å². The van der Waals surface area contributed by atoms with Crippen LogP contribution in [0.15, 0.2) is 166 Å². The molecule has 0 amide bonds. The van der Waals surface area contributed by atoms with Gasteiger partial charge in [0.25, 0.3) is 0 Å². The van der Waals surface area contributed by atoms with Crippen molar-refractivity contribution >= 4 is 99.4 Å². The Balaban J connectivity index is -0.000000407. The first-order valence-corrected chi connectivity index (χ1v) is 14.8. The van der Waals surface area contributed by atoms with Crippen LogP contribution in [0, 0.1) is 0 Å². The molecule has 50 heavy (non-hydrogen) atoms. The Bertz CT molecular complexity index is 1350. The van der Waals surface area contributed by atoms with Crippen molar-refractivity contribution in [3.63, 3.8) is 0 Å². The van der Waals surface area contributed by atoms with E-state index in [1.54, 1.807) is 48.6 Å². The summed E-state index contributed by atoms with van der Waals surface area (Å²) in [6, 6.07) is 0. The molecule has 0 aliphatic heterocycles. The molecule has 0 N–H and O–H groups in total. The second-order valence-corrected chi connectivity index (χ2v) is 10.4. The molecule has 0 saturated carbocycles. The minimum Gasteiger partial charge on any atom is -0.545 e. The van der Waals surface area contributed by atoms with Gasteiger partial charge in [0.1, 0.15) is 0 Å². The SMILES string of the molecule is CC(/C=C/C=C(\C)C(=O)[O-])=C\C=C\C=C(C)\C=C\C=C(/C)C(=O)[O-].CC(/C=C/C=C(\C)C(=O)[O-])=C\C=C\C=C(C)\C=C\C=C(/C)C(=O)[O-].[Ca+2].[Ca+2]. The van der Waals surface area contributed by atoms with E-state index in [0.717, 1.165) is 22.3 Å². The van der Waals surface area contributed by atoms with Gasteiger partial charge in [-0.15, -0.1) is 0 Å². The van der Waals surface area contributed by atoms with Crippen molar-refractivity contribution in [3.8, 4) is 0 Å². The second kappa shape index (κ2) is 32.9. The molecule has 0 fully saturated rings. The maximum absolute atomic E-state index is 10.5. The Morgan fingerprint density at radius 2 is 0.460 bits per heavy atom. The van der Waals surface area contributed by atoms with Crippen LogP contribution in [0.2, 0.25) is 0 Å². The van der Waals surface area contributed by atoms with E-state index in [4.69, 9.17) is 0 Å². The van der Waals surface area contributed by atoms with E-state index in [1.165, 1.54) is 52.0 Å². The van der Waals surface area contributed by atoms with Gasteiger partial charge in [-0.1, -0.05) is 144 Å². The van der Waals surface area contributed by atoms with Gasteiger partial charge < -0.3 is 39.6 Å². The molecule has 8 nitrogen and oxygen atoms in total. The van der Waals surface area contributed by atoms with Crippen LogP contribution in [-0.2, 0) is 19.2 Å². The van der Waals surface area contributed by atoms with Gasteiger partial charge in [-0.2, -0.15) is 0 Å². The van der Waals surface area contributed by atoms with Gasteiger partial charge in [0, 0.05) is 0 Å². The third-order valence-corrected chi connectivity index (χ3v) is 5.77. The molecule has 0 aromatic carbocycles. The van der Waals surface area contributed by atoms with E-state index in [2.05, 4.69) is 0 Å². The topological polar surface area (TPSA) is 161 Å². The van der Waals surface area contributed by atoms with Crippen molar-refractivity contribution in [2.45, 2.75) is 55.4 Å². The van der Waals surface area contributed by atoms with Crippen molar-refractivity contribution < 1.29 is 39.6 Å². The molecule has 0 aliphatic carbocycles.